The van der Waals surface area contributed by atoms with Crippen molar-refractivity contribution in [2.24, 2.45) is 11.7 Å². The van der Waals surface area contributed by atoms with E-state index in [1.807, 2.05) is 0 Å². The molecule has 1 saturated carbocycles. The Bertz CT molecular complexity index is 214. The average molecular weight is 256 g/mol. The summed E-state index contributed by atoms with van der Waals surface area (Å²) >= 11 is 0. The first kappa shape index (κ1) is 15.4. The average Bonchev–Trinajstić information content (AvgIpc) is 2.62. The summed E-state index contributed by atoms with van der Waals surface area (Å²) in [7, 11) is 0. The summed E-state index contributed by atoms with van der Waals surface area (Å²) < 4.78 is 5.25. The van der Waals surface area contributed by atoms with Crippen LogP contribution in [0.2, 0.25) is 0 Å². The summed E-state index contributed by atoms with van der Waals surface area (Å²) in [5.41, 5.74) is 5.31. The third-order valence-corrected chi connectivity index (χ3v) is 3.50. The molecule has 1 aliphatic rings. The Labute approximate surface area is 111 Å². The highest BCUT2D eigenvalue weighted by Gasteiger charge is 2.15. The van der Waals surface area contributed by atoms with E-state index in [4.69, 9.17) is 10.5 Å². The van der Waals surface area contributed by atoms with Gasteiger partial charge in [0.2, 0.25) is 5.91 Å². The van der Waals surface area contributed by atoms with Gasteiger partial charge in [-0.05, 0) is 25.2 Å². The fraction of sp³-hybridized carbons (Fsp3) is 0.929. The van der Waals surface area contributed by atoms with Gasteiger partial charge in [0.05, 0.1) is 6.61 Å². The molecule has 0 aromatic heterocycles. The van der Waals surface area contributed by atoms with Crippen molar-refractivity contribution in [2.75, 3.05) is 26.3 Å². The number of carbonyl (C=O) groups is 1. The van der Waals surface area contributed by atoms with Gasteiger partial charge in [-0.25, -0.2) is 0 Å². The molecule has 0 aromatic rings. The number of hydrogen-bond donors (Lipinski definition) is 2. The van der Waals surface area contributed by atoms with Gasteiger partial charge in [0, 0.05) is 26.1 Å². The molecule has 18 heavy (non-hydrogen) atoms. The quantitative estimate of drug-likeness (QED) is 0.514. The molecule has 0 spiro atoms. The third kappa shape index (κ3) is 7.67. The largest absolute Gasteiger partial charge is 0.380 e. The molecule has 0 bridgehead atoms. The molecule has 1 aliphatic carbocycles. The predicted octanol–water partition coefficient (Wildman–Crippen LogP) is 1.83. The van der Waals surface area contributed by atoms with E-state index in [2.05, 4.69) is 5.32 Å². The van der Waals surface area contributed by atoms with Crippen LogP contribution in [0.1, 0.15) is 51.4 Å². The Kier molecular flexibility index (Phi) is 8.86. The Morgan fingerprint density at radius 1 is 1.17 bits per heavy atom. The van der Waals surface area contributed by atoms with Crippen molar-refractivity contribution in [3.63, 3.8) is 0 Å². The van der Waals surface area contributed by atoms with Crippen LogP contribution in [0.3, 0.4) is 0 Å². The van der Waals surface area contributed by atoms with Crippen LogP contribution in [-0.4, -0.2) is 32.2 Å². The molecule has 4 nitrogen and oxygen atoms in total. The standard InChI is InChI=1S/C14H28N2O2/c15-8-11-18-10-5-9-16-14(17)12-13-6-3-1-2-4-7-13/h13H,1-12,15H2,(H,16,17). The van der Waals surface area contributed by atoms with Gasteiger partial charge < -0.3 is 15.8 Å². The zero-order valence-corrected chi connectivity index (χ0v) is 11.5. The van der Waals surface area contributed by atoms with E-state index in [1.54, 1.807) is 0 Å². The molecule has 0 atom stereocenters. The molecule has 3 N–H and O–H groups in total. The van der Waals surface area contributed by atoms with Crippen LogP contribution < -0.4 is 11.1 Å². The molecule has 0 aliphatic heterocycles. The molecular formula is C14H28N2O2. The van der Waals surface area contributed by atoms with E-state index < -0.39 is 0 Å². The first-order chi connectivity index (χ1) is 8.83. The Morgan fingerprint density at radius 2 is 1.89 bits per heavy atom. The number of nitrogens with two attached hydrogens (primary N) is 1. The summed E-state index contributed by atoms with van der Waals surface area (Å²) in [6.07, 6.45) is 9.32. The van der Waals surface area contributed by atoms with Crippen LogP contribution >= 0.6 is 0 Å². The van der Waals surface area contributed by atoms with Crippen molar-refractivity contribution in [2.45, 2.75) is 51.4 Å². The highest BCUT2D eigenvalue weighted by atomic mass is 16.5. The molecule has 0 saturated heterocycles. The van der Waals surface area contributed by atoms with Gasteiger partial charge in [-0.15, -0.1) is 0 Å². The molecule has 0 unspecified atom stereocenters. The van der Waals surface area contributed by atoms with Crippen molar-refractivity contribution in [1.82, 2.24) is 5.32 Å². The molecule has 106 valence electrons. The lowest BCUT2D eigenvalue weighted by atomic mass is 9.96. The molecule has 0 heterocycles. The molecule has 0 aromatic carbocycles. The topological polar surface area (TPSA) is 64.3 Å². The highest BCUT2D eigenvalue weighted by molar-refractivity contribution is 5.76. The number of carbonyl (C=O) groups excluding carboxylic acids is 1. The fourth-order valence-electron chi connectivity index (χ4n) is 2.49. The van der Waals surface area contributed by atoms with Crippen LogP contribution in [0.4, 0.5) is 0 Å². The normalized spacial score (nSPS) is 17.4. The van der Waals surface area contributed by atoms with E-state index in [0.29, 0.717) is 32.1 Å². The molecule has 1 rings (SSSR count). The summed E-state index contributed by atoms with van der Waals surface area (Å²) in [6, 6.07) is 0. The van der Waals surface area contributed by atoms with Crippen LogP contribution in [0, 0.1) is 5.92 Å². The molecule has 1 amide bonds. The first-order valence-corrected chi connectivity index (χ1v) is 7.37. The van der Waals surface area contributed by atoms with Gasteiger partial charge in [0.25, 0.3) is 0 Å². The van der Waals surface area contributed by atoms with Gasteiger partial charge in [-0.2, -0.15) is 0 Å². The van der Waals surface area contributed by atoms with Gasteiger partial charge in [0.1, 0.15) is 0 Å². The first-order valence-electron chi connectivity index (χ1n) is 7.37. The Balaban J connectivity index is 1.98. The molecular weight excluding hydrogens is 228 g/mol. The predicted molar refractivity (Wildman–Crippen MR) is 73.3 cm³/mol. The second kappa shape index (κ2) is 10.3. The van der Waals surface area contributed by atoms with Crippen LogP contribution in [0.5, 0.6) is 0 Å². The van der Waals surface area contributed by atoms with Crippen LogP contribution in [0.25, 0.3) is 0 Å². The van der Waals surface area contributed by atoms with Crippen molar-refractivity contribution in [3.05, 3.63) is 0 Å². The van der Waals surface area contributed by atoms with E-state index in [9.17, 15) is 4.79 Å². The van der Waals surface area contributed by atoms with Crippen LogP contribution in [-0.2, 0) is 9.53 Å². The van der Waals surface area contributed by atoms with Crippen molar-refractivity contribution >= 4 is 5.91 Å². The minimum Gasteiger partial charge on any atom is -0.380 e. The second-order valence-corrected chi connectivity index (χ2v) is 5.17. The SMILES string of the molecule is NCCOCCCNC(=O)CC1CCCCCC1. The minimum atomic E-state index is 0.209. The van der Waals surface area contributed by atoms with E-state index in [0.717, 1.165) is 13.0 Å². The fourth-order valence-corrected chi connectivity index (χ4v) is 2.49. The number of rotatable bonds is 8. The maximum atomic E-state index is 11.7. The van der Waals surface area contributed by atoms with Crippen molar-refractivity contribution in [3.8, 4) is 0 Å². The van der Waals surface area contributed by atoms with Crippen LogP contribution in [0.15, 0.2) is 0 Å². The maximum Gasteiger partial charge on any atom is 0.220 e. The summed E-state index contributed by atoms with van der Waals surface area (Å²) in [4.78, 5) is 11.7. The summed E-state index contributed by atoms with van der Waals surface area (Å²) in [5, 5.41) is 2.98. The van der Waals surface area contributed by atoms with E-state index in [-0.39, 0.29) is 5.91 Å². The zero-order chi connectivity index (χ0) is 13.1. The van der Waals surface area contributed by atoms with E-state index >= 15 is 0 Å². The van der Waals surface area contributed by atoms with Crippen molar-refractivity contribution in [1.29, 1.82) is 0 Å². The molecule has 4 heteroatoms. The van der Waals surface area contributed by atoms with Gasteiger partial charge in [-0.1, -0.05) is 25.7 Å². The minimum absolute atomic E-state index is 0.209. The number of ether oxygens (including phenoxy) is 1. The Hall–Kier alpha value is -0.610. The Morgan fingerprint density at radius 3 is 2.56 bits per heavy atom. The number of hydrogen-bond acceptors (Lipinski definition) is 3. The van der Waals surface area contributed by atoms with Gasteiger partial charge in [0.15, 0.2) is 0 Å². The van der Waals surface area contributed by atoms with Gasteiger partial charge >= 0.3 is 0 Å². The molecule has 1 fully saturated rings. The maximum absolute atomic E-state index is 11.7. The number of nitrogens with one attached hydrogen (secondary N) is 1. The summed E-state index contributed by atoms with van der Waals surface area (Å²) in [6.45, 7) is 2.57. The van der Waals surface area contributed by atoms with E-state index in [1.165, 1.54) is 38.5 Å². The zero-order valence-electron chi connectivity index (χ0n) is 11.5. The second-order valence-electron chi connectivity index (χ2n) is 5.17. The van der Waals surface area contributed by atoms with Gasteiger partial charge in [-0.3, -0.25) is 4.79 Å². The monoisotopic (exact) mass is 256 g/mol. The lowest BCUT2D eigenvalue weighted by Crippen LogP contribution is -2.27. The van der Waals surface area contributed by atoms with Crippen molar-refractivity contribution < 1.29 is 9.53 Å². The highest BCUT2D eigenvalue weighted by Crippen LogP contribution is 2.25. The lowest BCUT2D eigenvalue weighted by Gasteiger charge is -2.13. The molecule has 0 radical (unpaired) electrons. The third-order valence-electron chi connectivity index (χ3n) is 3.50. The summed E-state index contributed by atoms with van der Waals surface area (Å²) in [5.74, 6) is 0.821. The smallest absolute Gasteiger partial charge is 0.220 e. The lowest BCUT2D eigenvalue weighted by molar-refractivity contribution is -0.122. The number of amides is 1.